The fourth-order valence-electron chi connectivity index (χ4n) is 2.07. The Morgan fingerprint density at radius 1 is 1.20 bits per heavy atom. The standard InChI is InChI=1S/C13H13NO6/c1-18-12(15)10-9(8-6-4-3-5-7-8)11(13(16)19-2)20-14(10)17/h3-7,9,11H,1-2H3/t9-,11-/m0/s1. The molecule has 2 atom stereocenters. The normalized spacial score (nSPS) is 21.3. The third kappa shape index (κ3) is 2.29. The van der Waals surface area contributed by atoms with E-state index in [0.29, 0.717) is 5.56 Å². The van der Waals surface area contributed by atoms with E-state index in [2.05, 4.69) is 9.47 Å². The number of carbonyl (C=O) groups is 2. The first kappa shape index (κ1) is 13.9. The Kier molecular flexibility index (Phi) is 3.88. The Labute approximate surface area is 114 Å². The number of esters is 2. The van der Waals surface area contributed by atoms with Gasteiger partial charge in [0.2, 0.25) is 0 Å². The lowest BCUT2D eigenvalue weighted by Crippen LogP contribution is -2.33. The Bertz CT molecular complexity index is 553. The lowest BCUT2D eigenvalue weighted by Gasteiger charge is -2.16. The van der Waals surface area contributed by atoms with E-state index in [1.165, 1.54) is 7.11 Å². The number of carbonyl (C=O) groups excluding carboxylic acids is 2. The quantitative estimate of drug-likeness (QED) is 0.587. The Morgan fingerprint density at radius 3 is 2.40 bits per heavy atom. The second kappa shape index (κ2) is 5.60. The van der Waals surface area contributed by atoms with Crippen LogP contribution < -0.4 is 0 Å². The van der Waals surface area contributed by atoms with Crippen molar-refractivity contribution in [1.82, 2.24) is 0 Å². The van der Waals surface area contributed by atoms with Gasteiger partial charge in [0.1, 0.15) is 5.92 Å². The highest BCUT2D eigenvalue weighted by molar-refractivity contribution is 6.37. The van der Waals surface area contributed by atoms with E-state index in [9.17, 15) is 14.8 Å². The van der Waals surface area contributed by atoms with E-state index >= 15 is 0 Å². The highest BCUT2D eigenvalue weighted by Gasteiger charge is 2.49. The van der Waals surface area contributed by atoms with Crippen molar-refractivity contribution in [2.45, 2.75) is 12.0 Å². The Hall–Kier alpha value is -2.57. The van der Waals surface area contributed by atoms with Crippen LogP contribution in [0.2, 0.25) is 0 Å². The minimum Gasteiger partial charge on any atom is -0.468 e. The summed E-state index contributed by atoms with van der Waals surface area (Å²) in [6.07, 6.45) is -1.21. The molecule has 1 aliphatic heterocycles. The summed E-state index contributed by atoms with van der Waals surface area (Å²) in [6, 6.07) is 8.61. The van der Waals surface area contributed by atoms with Gasteiger partial charge in [0.05, 0.1) is 19.1 Å². The molecule has 0 N–H and O–H groups in total. The molecule has 0 amide bonds. The number of hydrogen-bond acceptors (Lipinski definition) is 6. The van der Waals surface area contributed by atoms with Gasteiger partial charge < -0.3 is 14.3 Å². The summed E-state index contributed by atoms with van der Waals surface area (Å²) in [7, 11) is 2.33. The van der Waals surface area contributed by atoms with Crippen LogP contribution >= 0.6 is 0 Å². The average Bonchev–Trinajstić information content (AvgIpc) is 2.84. The first-order valence-corrected chi connectivity index (χ1v) is 5.82. The topological polar surface area (TPSA) is 87.9 Å². The summed E-state index contributed by atoms with van der Waals surface area (Å²) in [6.45, 7) is 0. The molecule has 0 bridgehead atoms. The van der Waals surface area contributed by atoms with Crippen LogP contribution in [0.4, 0.5) is 0 Å². The van der Waals surface area contributed by atoms with Crippen LogP contribution in [0.3, 0.4) is 0 Å². The van der Waals surface area contributed by atoms with Crippen LogP contribution in [0.25, 0.3) is 0 Å². The zero-order valence-electron chi connectivity index (χ0n) is 10.9. The molecule has 1 aliphatic rings. The summed E-state index contributed by atoms with van der Waals surface area (Å²) >= 11 is 0. The van der Waals surface area contributed by atoms with Crippen molar-refractivity contribution in [3.05, 3.63) is 41.1 Å². The summed E-state index contributed by atoms with van der Waals surface area (Å²) in [4.78, 5) is 28.4. The number of methoxy groups -OCH3 is 2. The molecule has 7 heteroatoms. The molecule has 0 aromatic heterocycles. The van der Waals surface area contributed by atoms with Crippen LogP contribution in [0.5, 0.6) is 0 Å². The molecular formula is C13H13NO6. The van der Waals surface area contributed by atoms with Crippen LogP contribution in [-0.2, 0) is 23.9 Å². The van der Waals surface area contributed by atoms with Crippen LogP contribution in [0.1, 0.15) is 11.5 Å². The maximum absolute atomic E-state index is 11.7. The van der Waals surface area contributed by atoms with Crippen LogP contribution in [0.15, 0.2) is 30.3 Å². The van der Waals surface area contributed by atoms with E-state index < -0.39 is 24.0 Å². The van der Waals surface area contributed by atoms with Crippen LogP contribution in [-0.4, -0.2) is 42.9 Å². The number of ether oxygens (including phenoxy) is 2. The number of hydrogen-bond donors (Lipinski definition) is 0. The second-order valence-corrected chi connectivity index (χ2v) is 4.07. The van der Waals surface area contributed by atoms with Crippen molar-refractivity contribution >= 4 is 17.7 Å². The molecule has 20 heavy (non-hydrogen) atoms. The number of benzene rings is 1. The molecule has 1 aromatic carbocycles. The van der Waals surface area contributed by atoms with Crippen LogP contribution in [0, 0.1) is 5.21 Å². The van der Waals surface area contributed by atoms with Crippen molar-refractivity contribution in [3.8, 4) is 0 Å². The molecule has 1 aromatic rings. The van der Waals surface area contributed by atoms with E-state index in [0.717, 1.165) is 7.11 Å². The molecule has 0 fully saturated rings. The molecule has 2 rings (SSSR count). The van der Waals surface area contributed by atoms with E-state index in [1.54, 1.807) is 30.3 Å². The molecule has 1 heterocycles. The molecule has 0 radical (unpaired) electrons. The van der Waals surface area contributed by atoms with Gasteiger partial charge in [-0.15, -0.1) is 0 Å². The zero-order chi connectivity index (χ0) is 14.7. The molecule has 0 unspecified atom stereocenters. The van der Waals surface area contributed by atoms with Crippen molar-refractivity contribution < 1.29 is 28.8 Å². The van der Waals surface area contributed by atoms with E-state index in [4.69, 9.17) is 4.84 Å². The van der Waals surface area contributed by atoms with Gasteiger partial charge in [-0.2, -0.15) is 0 Å². The molecular weight excluding hydrogens is 266 g/mol. The van der Waals surface area contributed by atoms with Crippen molar-refractivity contribution in [1.29, 1.82) is 0 Å². The van der Waals surface area contributed by atoms with Gasteiger partial charge in [-0.3, -0.25) is 10.0 Å². The molecule has 0 aliphatic carbocycles. The monoisotopic (exact) mass is 279 g/mol. The summed E-state index contributed by atoms with van der Waals surface area (Å²) in [5.41, 5.74) is 0.302. The lowest BCUT2D eigenvalue weighted by atomic mass is 9.89. The average molecular weight is 279 g/mol. The summed E-state index contributed by atoms with van der Waals surface area (Å²) in [5.74, 6) is -2.45. The fourth-order valence-corrected chi connectivity index (χ4v) is 2.07. The third-order valence-corrected chi connectivity index (χ3v) is 2.99. The van der Waals surface area contributed by atoms with Crippen molar-refractivity contribution in [2.75, 3.05) is 14.2 Å². The largest absolute Gasteiger partial charge is 0.468 e. The van der Waals surface area contributed by atoms with E-state index in [1.807, 2.05) is 0 Å². The van der Waals surface area contributed by atoms with Gasteiger partial charge in [-0.05, 0) is 5.56 Å². The van der Waals surface area contributed by atoms with Gasteiger partial charge in [0.25, 0.3) is 0 Å². The molecule has 0 spiro atoms. The highest BCUT2D eigenvalue weighted by Crippen LogP contribution is 2.30. The van der Waals surface area contributed by atoms with Crippen molar-refractivity contribution in [2.24, 2.45) is 0 Å². The second-order valence-electron chi connectivity index (χ2n) is 4.07. The first-order valence-electron chi connectivity index (χ1n) is 5.82. The van der Waals surface area contributed by atoms with Gasteiger partial charge in [0, 0.05) is 0 Å². The minimum absolute atomic E-state index is 0.0189. The van der Waals surface area contributed by atoms with Gasteiger partial charge >= 0.3 is 17.7 Å². The maximum Gasteiger partial charge on any atom is 0.405 e. The lowest BCUT2D eigenvalue weighted by molar-refractivity contribution is -0.736. The first-order chi connectivity index (χ1) is 9.60. The maximum atomic E-state index is 11.7. The van der Waals surface area contributed by atoms with Crippen molar-refractivity contribution in [3.63, 3.8) is 0 Å². The predicted molar refractivity (Wildman–Crippen MR) is 66.7 cm³/mol. The predicted octanol–water partition coefficient (Wildman–Crippen LogP) is 0.381. The SMILES string of the molecule is COC(=O)C1=[N+]([O-])O[C@H](C(=O)OC)[C@H]1c1ccccc1. The molecule has 0 saturated carbocycles. The fraction of sp³-hybridized carbons (Fsp3) is 0.308. The summed E-state index contributed by atoms with van der Waals surface area (Å²) < 4.78 is 9.17. The minimum atomic E-state index is -1.21. The van der Waals surface area contributed by atoms with Gasteiger partial charge in [-0.25, -0.2) is 4.79 Å². The molecule has 7 nitrogen and oxygen atoms in total. The van der Waals surface area contributed by atoms with Gasteiger partial charge in [0.15, 0.2) is 6.10 Å². The Balaban J connectivity index is 2.47. The van der Waals surface area contributed by atoms with Gasteiger partial charge in [-0.1, -0.05) is 30.3 Å². The number of nitrogens with zero attached hydrogens (tertiary/aromatic N) is 1. The smallest absolute Gasteiger partial charge is 0.405 e. The summed E-state index contributed by atoms with van der Waals surface area (Å²) in [5, 5.41) is 11.7. The zero-order valence-corrected chi connectivity index (χ0v) is 10.9. The number of rotatable bonds is 3. The molecule has 0 saturated heterocycles. The van der Waals surface area contributed by atoms with E-state index in [-0.39, 0.29) is 10.6 Å². The third-order valence-electron chi connectivity index (χ3n) is 2.99. The highest BCUT2D eigenvalue weighted by atomic mass is 16.9. The molecule has 106 valence electrons. The Morgan fingerprint density at radius 2 is 1.85 bits per heavy atom.